The molecule has 2 aromatic heterocycles. The third-order valence-corrected chi connectivity index (χ3v) is 6.82. The lowest BCUT2D eigenvalue weighted by Gasteiger charge is -2.07. The Morgan fingerprint density at radius 3 is 2.46 bits per heavy atom. The third kappa shape index (κ3) is 2.11. The molecule has 4 aromatic carbocycles. The van der Waals surface area contributed by atoms with Crippen LogP contribution >= 0.6 is 11.3 Å². The Hall–Kier alpha value is -3.17. The third-order valence-electron chi connectivity index (χ3n) is 5.60. The molecule has 28 heavy (non-hydrogen) atoms. The molecule has 3 heteroatoms. The Kier molecular flexibility index (Phi) is 3.35. The van der Waals surface area contributed by atoms with E-state index < -0.39 is 0 Å². The highest BCUT2D eigenvalue weighted by Crippen LogP contribution is 2.40. The molecule has 0 unspecified atom stereocenters. The van der Waals surface area contributed by atoms with E-state index in [9.17, 15) is 0 Å². The molecule has 0 N–H and O–H groups in total. The number of aryl methyl sites for hydroxylation is 1. The fourth-order valence-corrected chi connectivity index (χ4v) is 5.52. The molecule has 0 saturated heterocycles. The summed E-state index contributed by atoms with van der Waals surface area (Å²) in [5.41, 5.74) is 3.52. The second-order valence-electron chi connectivity index (χ2n) is 7.11. The van der Waals surface area contributed by atoms with Gasteiger partial charge in [-0.25, -0.2) is 4.98 Å². The van der Waals surface area contributed by atoms with E-state index in [4.69, 9.17) is 4.98 Å². The summed E-state index contributed by atoms with van der Waals surface area (Å²) < 4.78 is 4.99. The fourth-order valence-electron chi connectivity index (χ4n) is 4.31. The molecule has 0 fully saturated rings. The largest absolute Gasteiger partial charge is 0.324 e. The highest BCUT2D eigenvalue weighted by atomic mass is 32.1. The van der Waals surface area contributed by atoms with E-state index in [1.165, 1.54) is 42.0 Å². The first kappa shape index (κ1) is 15.8. The number of aromatic nitrogens is 2. The van der Waals surface area contributed by atoms with Crippen LogP contribution in [-0.4, -0.2) is 9.55 Å². The van der Waals surface area contributed by atoms with Crippen LogP contribution in [0.4, 0.5) is 0 Å². The zero-order valence-corrected chi connectivity index (χ0v) is 16.3. The molecule has 0 aliphatic rings. The lowest BCUT2D eigenvalue weighted by molar-refractivity contribution is 0.797. The minimum absolute atomic E-state index is 0.894. The van der Waals surface area contributed by atoms with Crippen molar-refractivity contribution in [3.63, 3.8) is 0 Å². The number of benzene rings is 4. The van der Waals surface area contributed by atoms with Crippen LogP contribution in [0.5, 0.6) is 0 Å². The van der Waals surface area contributed by atoms with Gasteiger partial charge in [0.2, 0.25) is 0 Å². The summed E-state index contributed by atoms with van der Waals surface area (Å²) in [6.07, 6.45) is 0. The lowest BCUT2D eigenvalue weighted by atomic mass is 10.1. The number of hydrogen-bond acceptors (Lipinski definition) is 2. The van der Waals surface area contributed by atoms with Gasteiger partial charge in [0.25, 0.3) is 0 Å². The second-order valence-corrected chi connectivity index (χ2v) is 8.17. The van der Waals surface area contributed by atoms with Gasteiger partial charge < -0.3 is 4.57 Å². The Balaban J connectivity index is 1.74. The molecule has 6 rings (SSSR count). The smallest absolute Gasteiger partial charge is 0.142 e. The molecule has 0 aliphatic carbocycles. The highest BCUT2D eigenvalue weighted by Gasteiger charge is 2.17. The first-order valence-corrected chi connectivity index (χ1v) is 10.5. The van der Waals surface area contributed by atoms with E-state index in [1.807, 2.05) is 11.3 Å². The Morgan fingerprint density at radius 2 is 1.57 bits per heavy atom. The molecule has 134 valence electrons. The molecular formula is C25H18N2S. The van der Waals surface area contributed by atoms with Gasteiger partial charge in [-0.3, -0.25) is 0 Å². The Bertz CT molecular complexity index is 1500. The van der Waals surface area contributed by atoms with Crippen LogP contribution in [0.3, 0.4) is 0 Å². The van der Waals surface area contributed by atoms with Crippen molar-refractivity contribution in [2.75, 3.05) is 0 Å². The van der Waals surface area contributed by atoms with E-state index in [2.05, 4.69) is 90.4 Å². The normalized spacial score (nSPS) is 11.9. The summed E-state index contributed by atoms with van der Waals surface area (Å²) in [7, 11) is 0. The summed E-state index contributed by atoms with van der Waals surface area (Å²) in [5, 5.41) is 5.10. The molecule has 0 saturated carbocycles. The first-order valence-electron chi connectivity index (χ1n) is 9.64. The van der Waals surface area contributed by atoms with Crippen LogP contribution in [-0.2, 0) is 6.54 Å². The minimum Gasteiger partial charge on any atom is -0.324 e. The average molecular weight is 379 g/mol. The minimum atomic E-state index is 0.894. The number of fused-ring (bicyclic) bond motifs is 6. The molecule has 0 amide bonds. The van der Waals surface area contributed by atoms with Gasteiger partial charge in [0.1, 0.15) is 5.82 Å². The zero-order valence-electron chi connectivity index (χ0n) is 15.5. The molecule has 6 aromatic rings. The second kappa shape index (κ2) is 5.91. The van der Waals surface area contributed by atoms with Crippen molar-refractivity contribution in [3.05, 3.63) is 78.9 Å². The summed E-state index contributed by atoms with van der Waals surface area (Å²) >= 11 is 1.86. The van der Waals surface area contributed by atoms with Gasteiger partial charge in [-0.05, 0) is 30.5 Å². The predicted molar refractivity (Wildman–Crippen MR) is 121 cm³/mol. The van der Waals surface area contributed by atoms with E-state index >= 15 is 0 Å². The van der Waals surface area contributed by atoms with Gasteiger partial charge in [-0.2, -0.15) is 0 Å². The standard InChI is InChI=1S/C25H18N2S/c1-2-27-21-15-14-16-8-3-4-9-17(16)23(21)26-25(27)20-12-7-11-19-18-10-5-6-13-22(18)28-24(19)20/h3-15H,2H2,1H3. The van der Waals surface area contributed by atoms with E-state index in [-0.39, 0.29) is 0 Å². The molecule has 0 spiro atoms. The molecule has 0 radical (unpaired) electrons. The Labute approximate surface area is 166 Å². The first-order chi connectivity index (χ1) is 13.8. The van der Waals surface area contributed by atoms with Gasteiger partial charge in [-0.1, -0.05) is 60.7 Å². The Morgan fingerprint density at radius 1 is 0.786 bits per heavy atom. The number of rotatable bonds is 2. The summed E-state index contributed by atoms with van der Waals surface area (Å²) in [6, 6.07) is 28.2. The van der Waals surface area contributed by atoms with Gasteiger partial charge in [-0.15, -0.1) is 11.3 Å². The number of nitrogens with zero attached hydrogens (tertiary/aromatic N) is 2. The topological polar surface area (TPSA) is 17.8 Å². The summed E-state index contributed by atoms with van der Waals surface area (Å²) in [6.45, 7) is 3.09. The number of imidazole rings is 1. The number of hydrogen-bond donors (Lipinski definition) is 0. The lowest BCUT2D eigenvalue weighted by Crippen LogP contribution is -1.97. The molecule has 0 bridgehead atoms. The maximum Gasteiger partial charge on any atom is 0.142 e. The van der Waals surface area contributed by atoms with Crippen molar-refractivity contribution >= 4 is 53.3 Å². The maximum atomic E-state index is 5.17. The van der Waals surface area contributed by atoms with Crippen LogP contribution < -0.4 is 0 Å². The van der Waals surface area contributed by atoms with Crippen molar-refractivity contribution in [3.8, 4) is 11.4 Å². The fraction of sp³-hybridized carbons (Fsp3) is 0.0800. The molecule has 2 nitrogen and oxygen atoms in total. The zero-order chi connectivity index (χ0) is 18.7. The van der Waals surface area contributed by atoms with Crippen molar-refractivity contribution in [1.29, 1.82) is 0 Å². The van der Waals surface area contributed by atoms with Gasteiger partial charge in [0.15, 0.2) is 0 Å². The van der Waals surface area contributed by atoms with Crippen LogP contribution in [0.1, 0.15) is 6.92 Å². The quantitative estimate of drug-likeness (QED) is 0.310. The summed E-state index contributed by atoms with van der Waals surface area (Å²) in [5.74, 6) is 1.06. The monoisotopic (exact) mass is 378 g/mol. The SMILES string of the molecule is CCn1c(-c2cccc3c2sc2ccccc23)nc2c3ccccc3ccc21. The van der Waals surface area contributed by atoms with Crippen molar-refractivity contribution in [2.45, 2.75) is 13.5 Å². The van der Waals surface area contributed by atoms with Gasteiger partial charge >= 0.3 is 0 Å². The van der Waals surface area contributed by atoms with E-state index in [0.717, 1.165) is 17.9 Å². The van der Waals surface area contributed by atoms with Crippen molar-refractivity contribution in [2.24, 2.45) is 0 Å². The van der Waals surface area contributed by atoms with Crippen LogP contribution in [0.25, 0.3) is 53.4 Å². The van der Waals surface area contributed by atoms with E-state index in [1.54, 1.807) is 0 Å². The van der Waals surface area contributed by atoms with Crippen LogP contribution in [0, 0.1) is 0 Å². The average Bonchev–Trinajstić information content (AvgIpc) is 3.32. The van der Waals surface area contributed by atoms with Crippen LogP contribution in [0.2, 0.25) is 0 Å². The molecular weight excluding hydrogens is 360 g/mol. The van der Waals surface area contributed by atoms with Crippen LogP contribution in [0.15, 0.2) is 78.9 Å². The van der Waals surface area contributed by atoms with Crippen molar-refractivity contribution in [1.82, 2.24) is 9.55 Å². The molecule has 0 aliphatic heterocycles. The molecule has 2 heterocycles. The van der Waals surface area contributed by atoms with Gasteiger partial charge in [0.05, 0.1) is 11.0 Å². The van der Waals surface area contributed by atoms with Gasteiger partial charge in [0, 0.05) is 37.7 Å². The summed E-state index contributed by atoms with van der Waals surface area (Å²) in [4.78, 5) is 5.17. The number of thiophene rings is 1. The predicted octanol–water partition coefficient (Wildman–Crippen LogP) is 7.24. The van der Waals surface area contributed by atoms with E-state index in [0.29, 0.717) is 0 Å². The maximum absolute atomic E-state index is 5.17. The highest BCUT2D eigenvalue weighted by molar-refractivity contribution is 7.26. The molecule has 0 atom stereocenters. The van der Waals surface area contributed by atoms with Crippen molar-refractivity contribution < 1.29 is 0 Å².